The molecule has 1 atom stereocenters. The molecule has 0 amide bonds. The Hall–Kier alpha value is -1.11. The van der Waals surface area contributed by atoms with E-state index in [-0.39, 0.29) is 6.10 Å². The first kappa shape index (κ1) is 13.3. The number of anilines is 1. The Morgan fingerprint density at radius 1 is 1.33 bits per heavy atom. The van der Waals surface area contributed by atoms with Crippen LogP contribution in [0.25, 0.3) is 0 Å². The molecule has 6 heteroatoms. The number of nitrogens with zero attached hydrogens (tertiary/aromatic N) is 2. The van der Waals surface area contributed by atoms with E-state index in [9.17, 15) is 13.5 Å². The molecular formula is C12H18N2O3S. The summed E-state index contributed by atoms with van der Waals surface area (Å²) in [5, 5.41) is 9.56. The van der Waals surface area contributed by atoms with Crippen molar-refractivity contribution >= 4 is 15.7 Å². The van der Waals surface area contributed by atoms with Crippen LogP contribution in [0.15, 0.2) is 29.2 Å². The molecule has 0 aromatic heterocycles. The van der Waals surface area contributed by atoms with E-state index in [1.165, 1.54) is 18.4 Å². The fraction of sp³-hybridized carbons (Fsp3) is 0.500. The Morgan fingerprint density at radius 3 is 2.56 bits per heavy atom. The SMILES string of the molecule is CN(C)S(=O)(=O)c1ccccc1N1CC[C@H](O)C1. The van der Waals surface area contributed by atoms with Crippen molar-refractivity contribution in [2.75, 3.05) is 32.1 Å². The smallest absolute Gasteiger partial charge is 0.244 e. The van der Waals surface area contributed by atoms with Crippen molar-refractivity contribution in [2.45, 2.75) is 17.4 Å². The number of hydrogen-bond acceptors (Lipinski definition) is 4. The molecule has 100 valence electrons. The summed E-state index contributed by atoms with van der Waals surface area (Å²) in [5.74, 6) is 0. The van der Waals surface area contributed by atoms with Gasteiger partial charge < -0.3 is 10.0 Å². The van der Waals surface area contributed by atoms with E-state index in [2.05, 4.69) is 0 Å². The first-order valence-electron chi connectivity index (χ1n) is 5.87. The van der Waals surface area contributed by atoms with E-state index in [0.717, 1.165) is 0 Å². The van der Waals surface area contributed by atoms with Crippen molar-refractivity contribution < 1.29 is 13.5 Å². The lowest BCUT2D eigenvalue weighted by Gasteiger charge is -2.22. The second-order valence-corrected chi connectivity index (χ2v) is 6.76. The topological polar surface area (TPSA) is 60.9 Å². The lowest BCUT2D eigenvalue weighted by molar-refractivity contribution is 0.198. The van der Waals surface area contributed by atoms with E-state index in [4.69, 9.17) is 0 Å². The number of aliphatic hydroxyl groups excluding tert-OH is 1. The Balaban J connectivity index is 2.44. The van der Waals surface area contributed by atoms with Crippen LogP contribution in [0.2, 0.25) is 0 Å². The fourth-order valence-corrected chi connectivity index (χ4v) is 3.20. The Labute approximate surface area is 108 Å². The summed E-state index contributed by atoms with van der Waals surface area (Å²) in [6, 6.07) is 6.92. The molecule has 0 unspecified atom stereocenters. The van der Waals surface area contributed by atoms with Gasteiger partial charge in [-0.1, -0.05) is 12.1 Å². The van der Waals surface area contributed by atoms with E-state index in [0.29, 0.717) is 30.1 Å². The van der Waals surface area contributed by atoms with Gasteiger partial charge in [0.1, 0.15) is 4.90 Å². The third kappa shape index (κ3) is 2.36. The molecule has 1 aliphatic rings. The summed E-state index contributed by atoms with van der Waals surface area (Å²) in [4.78, 5) is 2.21. The van der Waals surface area contributed by atoms with Crippen LogP contribution in [-0.4, -0.2) is 51.1 Å². The van der Waals surface area contributed by atoms with Crippen molar-refractivity contribution in [1.29, 1.82) is 0 Å². The van der Waals surface area contributed by atoms with Gasteiger partial charge in [-0.3, -0.25) is 0 Å². The van der Waals surface area contributed by atoms with Gasteiger partial charge in [0.2, 0.25) is 10.0 Å². The average molecular weight is 270 g/mol. The standard InChI is InChI=1S/C12H18N2O3S/c1-13(2)18(16,17)12-6-4-3-5-11(12)14-8-7-10(15)9-14/h3-6,10,15H,7-9H2,1-2H3/t10-/m0/s1. The van der Waals surface area contributed by atoms with Crippen LogP contribution in [0.4, 0.5) is 5.69 Å². The molecule has 0 spiro atoms. The predicted octanol–water partition coefficient (Wildman–Crippen LogP) is 0.508. The largest absolute Gasteiger partial charge is 0.391 e. The molecule has 0 saturated carbocycles. The predicted molar refractivity (Wildman–Crippen MR) is 70.2 cm³/mol. The summed E-state index contributed by atoms with van der Waals surface area (Å²) >= 11 is 0. The monoisotopic (exact) mass is 270 g/mol. The molecule has 0 aliphatic carbocycles. The number of aliphatic hydroxyl groups is 1. The lowest BCUT2D eigenvalue weighted by Crippen LogP contribution is -2.27. The van der Waals surface area contributed by atoms with Crippen LogP contribution >= 0.6 is 0 Å². The minimum absolute atomic E-state index is 0.295. The molecular weight excluding hydrogens is 252 g/mol. The van der Waals surface area contributed by atoms with Gasteiger partial charge in [-0.2, -0.15) is 0 Å². The van der Waals surface area contributed by atoms with Crippen LogP contribution < -0.4 is 4.90 Å². The maximum absolute atomic E-state index is 12.2. The number of sulfonamides is 1. The minimum atomic E-state index is -3.45. The van der Waals surface area contributed by atoms with Gasteiger partial charge in [-0.15, -0.1) is 0 Å². The van der Waals surface area contributed by atoms with Crippen LogP contribution in [-0.2, 0) is 10.0 Å². The quantitative estimate of drug-likeness (QED) is 0.869. The van der Waals surface area contributed by atoms with Gasteiger partial charge >= 0.3 is 0 Å². The summed E-state index contributed by atoms with van der Waals surface area (Å²) < 4.78 is 25.7. The average Bonchev–Trinajstić information content (AvgIpc) is 2.75. The zero-order chi connectivity index (χ0) is 13.3. The Bertz CT molecular complexity index is 528. The van der Waals surface area contributed by atoms with E-state index < -0.39 is 10.0 Å². The van der Waals surface area contributed by atoms with Gasteiger partial charge in [0.25, 0.3) is 0 Å². The highest BCUT2D eigenvalue weighted by molar-refractivity contribution is 7.89. The molecule has 0 radical (unpaired) electrons. The van der Waals surface area contributed by atoms with E-state index in [1.54, 1.807) is 18.2 Å². The highest BCUT2D eigenvalue weighted by Gasteiger charge is 2.27. The molecule has 18 heavy (non-hydrogen) atoms. The van der Waals surface area contributed by atoms with Crippen molar-refractivity contribution in [3.63, 3.8) is 0 Å². The normalized spacial score (nSPS) is 20.7. The summed E-state index contributed by atoms with van der Waals surface area (Å²) in [6.07, 6.45) is 0.302. The highest BCUT2D eigenvalue weighted by Crippen LogP contribution is 2.29. The first-order valence-corrected chi connectivity index (χ1v) is 7.31. The molecule has 1 aromatic rings. The van der Waals surface area contributed by atoms with Gasteiger partial charge in [0, 0.05) is 27.2 Å². The Morgan fingerprint density at radius 2 is 2.00 bits per heavy atom. The van der Waals surface area contributed by atoms with Gasteiger partial charge in [-0.05, 0) is 18.6 Å². The zero-order valence-electron chi connectivity index (χ0n) is 10.6. The molecule has 1 N–H and O–H groups in total. The second-order valence-electron chi connectivity index (χ2n) is 4.64. The number of hydrogen-bond donors (Lipinski definition) is 1. The molecule has 1 aliphatic heterocycles. The number of benzene rings is 1. The fourth-order valence-electron chi connectivity index (χ4n) is 2.09. The summed E-state index contributed by atoms with van der Waals surface area (Å²) in [6.45, 7) is 1.17. The van der Waals surface area contributed by atoms with Crippen molar-refractivity contribution in [3.8, 4) is 0 Å². The maximum Gasteiger partial charge on any atom is 0.244 e. The second kappa shape index (κ2) is 4.87. The maximum atomic E-state index is 12.2. The van der Waals surface area contributed by atoms with Gasteiger partial charge in [-0.25, -0.2) is 12.7 Å². The minimum Gasteiger partial charge on any atom is -0.391 e. The summed E-state index contributed by atoms with van der Waals surface area (Å²) in [5.41, 5.74) is 0.669. The third-order valence-corrected chi connectivity index (χ3v) is 4.99. The summed E-state index contributed by atoms with van der Waals surface area (Å²) in [7, 11) is -0.415. The molecule has 1 heterocycles. The third-order valence-electron chi connectivity index (χ3n) is 3.13. The highest BCUT2D eigenvalue weighted by atomic mass is 32.2. The molecule has 0 bridgehead atoms. The molecule has 2 rings (SSSR count). The van der Waals surface area contributed by atoms with E-state index >= 15 is 0 Å². The van der Waals surface area contributed by atoms with Crippen molar-refractivity contribution in [1.82, 2.24) is 4.31 Å². The first-order chi connectivity index (χ1) is 8.43. The van der Waals surface area contributed by atoms with Gasteiger partial charge in [0.05, 0.1) is 11.8 Å². The number of para-hydroxylation sites is 1. The molecule has 1 saturated heterocycles. The van der Waals surface area contributed by atoms with Crippen molar-refractivity contribution in [3.05, 3.63) is 24.3 Å². The van der Waals surface area contributed by atoms with Crippen LogP contribution in [0.1, 0.15) is 6.42 Å². The van der Waals surface area contributed by atoms with Crippen LogP contribution in [0.5, 0.6) is 0 Å². The Kier molecular flexibility index (Phi) is 3.61. The zero-order valence-corrected chi connectivity index (χ0v) is 11.4. The molecule has 1 aromatic carbocycles. The van der Waals surface area contributed by atoms with E-state index in [1.807, 2.05) is 11.0 Å². The van der Waals surface area contributed by atoms with Crippen molar-refractivity contribution in [2.24, 2.45) is 0 Å². The molecule has 5 nitrogen and oxygen atoms in total. The van der Waals surface area contributed by atoms with Crippen LogP contribution in [0.3, 0.4) is 0 Å². The lowest BCUT2D eigenvalue weighted by atomic mass is 10.3. The van der Waals surface area contributed by atoms with Crippen LogP contribution in [0, 0.1) is 0 Å². The number of rotatable bonds is 3. The number of β-amino-alcohol motifs (C(OH)–C–C–N with tert-alkyl or cyclic N) is 1. The molecule has 1 fully saturated rings. The van der Waals surface area contributed by atoms with Gasteiger partial charge in [0.15, 0.2) is 0 Å².